The number of rotatable bonds is 5. The van der Waals surface area contributed by atoms with Gasteiger partial charge in [-0.15, -0.1) is 0 Å². The Balaban J connectivity index is 1.51. The summed E-state index contributed by atoms with van der Waals surface area (Å²) in [5, 5.41) is 0. The third-order valence-corrected chi connectivity index (χ3v) is 4.21. The second-order valence-corrected chi connectivity index (χ2v) is 6.21. The number of hydrogen-bond acceptors (Lipinski definition) is 5. The van der Waals surface area contributed by atoms with Crippen molar-refractivity contribution < 1.29 is 0 Å². The van der Waals surface area contributed by atoms with Crippen LogP contribution in [0.3, 0.4) is 0 Å². The predicted octanol–water partition coefficient (Wildman–Crippen LogP) is 2.38. The van der Waals surface area contributed by atoms with E-state index in [1.807, 2.05) is 37.3 Å². The van der Waals surface area contributed by atoms with E-state index in [0.717, 1.165) is 44.5 Å². The summed E-state index contributed by atoms with van der Waals surface area (Å²) in [7, 11) is 4.01. The number of piperazine rings is 1. The lowest BCUT2D eigenvalue weighted by Gasteiger charge is -2.34. The molecule has 0 saturated carbocycles. The minimum Gasteiger partial charge on any atom is -0.363 e. The van der Waals surface area contributed by atoms with Crippen molar-refractivity contribution in [3.8, 4) is 0 Å². The predicted molar refractivity (Wildman–Crippen MR) is 100 cm³/mol. The summed E-state index contributed by atoms with van der Waals surface area (Å²) < 4.78 is 0. The maximum absolute atomic E-state index is 4.63. The summed E-state index contributed by atoms with van der Waals surface area (Å²) in [6.45, 7) is 5.00. The smallest absolute Gasteiger partial charge is 0.227 e. The molecule has 24 heavy (non-hydrogen) atoms. The van der Waals surface area contributed by atoms with Gasteiger partial charge in [0.1, 0.15) is 5.82 Å². The topological polar surface area (TPSA) is 35.5 Å². The Morgan fingerprint density at radius 2 is 1.79 bits per heavy atom. The van der Waals surface area contributed by atoms with Crippen LogP contribution >= 0.6 is 0 Å². The molecule has 3 rings (SSSR count). The minimum absolute atomic E-state index is 0.834. The summed E-state index contributed by atoms with van der Waals surface area (Å²) in [4.78, 5) is 15.8. The van der Waals surface area contributed by atoms with Crippen LogP contribution in [-0.4, -0.2) is 61.7 Å². The van der Waals surface area contributed by atoms with Crippen molar-refractivity contribution in [1.29, 1.82) is 0 Å². The molecule has 2 heterocycles. The highest BCUT2D eigenvalue weighted by atomic mass is 15.3. The van der Waals surface area contributed by atoms with Crippen molar-refractivity contribution >= 4 is 17.8 Å². The van der Waals surface area contributed by atoms with Crippen molar-refractivity contribution in [3.05, 3.63) is 54.2 Å². The average Bonchev–Trinajstić information content (AvgIpc) is 2.63. The van der Waals surface area contributed by atoms with Crippen molar-refractivity contribution in [2.75, 3.05) is 56.6 Å². The highest BCUT2D eigenvalue weighted by molar-refractivity contribution is 5.48. The molecular weight excluding hydrogens is 298 g/mol. The standard InChI is InChI=1S/C19H25N5/c1-22(2)18-10-11-20-19(21-18)24-15-13-23(14-16-24)12-6-9-17-7-4-3-5-8-17/h3-11H,12-16H2,1-2H3/b9-6+. The van der Waals surface area contributed by atoms with Crippen LogP contribution in [0.25, 0.3) is 6.08 Å². The van der Waals surface area contributed by atoms with E-state index in [1.54, 1.807) is 0 Å². The number of hydrogen-bond donors (Lipinski definition) is 0. The van der Waals surface area contributed by atoms with E-state index >= 15 is 0 Å². The fourth-order valence-electron chi connectivity index (χ4n) is 2.77. The van der Waals surface area contributed by atoms with Crippen LogP contribution in [0.5, 0.6) is 0 Å². The Kier molecular flexibility index (Phi) is 5.43. The zero-order chi connectivity index (χ0) is 16.8. The number of benzene rings is 1. The molecule has 0 amide bonds. The van der Waals surface area contributed by atoms with Gasteiger partial charge < -0.3 is 9.80 Å². The highest BCUT2D eigenvalue weighted by Crippen LogP contribution is 2.15. The van der Waals surface area contributed by atoms with Crippen LogP contribution in [0.15, 0.2) is 48.7 Å². The van der Waals surface area contributed by atoms with Crippen molar-refractivity contribution in [1.82, 2.24) is 14.9 Å². The molecule has 0 radical (unpaired) electrons. The first-order valence-electron chi connectivity index (χ1n) is 8.41. The lowest BCUT2D eigenvalue weighted by Crippen LogP contribution is -2.47. The molecule has 1 aliphatic rings. The fraction of sp³-hybridized carbons (Fsp3) is 0.368. The molecular formula is C19H25N5. The first-order valence-corrected chi connectivity index (χ1v) is 8.41. The SMILES string of the molecule is CN(C)c1ccnc(N2CCN(C/C=C/c3ccccc3)CC2)n1. The number of anilines is 2. The van der Waals surface area contributed by atoms with Crippen LogP contribution < -0.4 is 9.80 Å². The Hall–Kier alpha value is -2.40. The van der Waals surface area contributed by atoms with E-state index in [2.05, 4.69) is 56.2 Å². The van der Waals surface area contributed by atoms with Crippen LogP contribution in [-0.2, 0) is 0 Å². The fourth-order valence-corrected chi connectivity index (χ4v) is 2.77. The molecule has 0 unspecified atom stereocenters. The van der Waals surface area contributed by atoms with Crippen molar-refractivity contribution in [2.24, 2.45) is 0 Å². The Morgan fingerprint density at radius 3 is 2.50 bits per heavy atom. The van der Waals surface area contributed by atoms with Crippen LogP contribution in [0.1, 0.15) is 5.56 Å². The summed E-state index contributed by atoms with van der Waals surface area (Å²) in [5.74, 6) is 1.79. The van der Waals surface area contributed by atoms with Gasteiger partial charge >= 0.3 is 0 Å². The van der Waals surface area contributed by atoms with Gasteiger partial charge in [0.05, 0.1) is 0 Å². The molecule has 0 atom stereocenters. The third kappa shape index (κ3) is 4.32. The molecule has 0 aliphatic carbocycles. The van der Waals surface area contributed by atoms with E-state index in [9.17, 15) is 0 Å². The first-order chi connectivity index (χ1) is 11.7. The third-order valence-electron chi connectivity index (χ3n) is 4.21. The number of nitrogens with zero attached hydrogens (tertiary/aromatic N) is 5. The number of aromatic nitrogens is 2. The minimum atomic E-state index is 0.834. The van der Waals surface area contributed by atoms with Gasteiger partial charge in [-0.05, 0) is 11.6 Å². The Morgan fingerprint density at radius 1 is 1.04 bits per heavy atom. The molecule has 0 bridgehead atoms. The molecule has 0 N–H and O–H groups in total. The van der Waals surface area contributed by atoms with Gasteiger partial charge in [-0.1, -0.05) is 42.5 Å². The Labute approximate surface area is 144 Å². The van der Waals surface area contributed by atoms with Gasteiger partial charge in [0.15, 0.2) is 0 Å². The van der Waals surface area contributed by atoms with E-state index in [0.29, 0.717) is 0 Å². The normalized spacial score (nSPS) is 15.8. The second-order valence-electron chi connectivity index (χ2n) is 6.21. The molecule has 0 spiro atoms. The van der Waals surface area contributed by atoms with Crippen molar-refractivity contribution in [3.63, 3.8) is 0 Å². The molecule has 1 fully saturated rings. The van der Waals surface area contributed by atoms with E-state index in [-0.39, 0.29) is 0 Å². The van der Waals surface area contributed by atoms with Gasteiger partial charge in [-0.2, -0.15) is 4.98 Å². The van der Waals surface area contributed by atoms with Gasteiger partial charge in [0, 0.05) is 53.0 Å². The molecule has 126 valence electrons. The monoisotopic (exact) mass is 323 g/mol. The maximum atomic E-state index is 4.63. The quantitative estimate of drug-likeness (QED) is 0.844. The summed E-state index contributed by atoms with van der Waals surface area (Å²) >= 11 is 0. The zero-order valence-electron chi connectivity index (χ0n) is 14.5. The lowest BCUT2D eigenvalue weighted by molar-refractivity contribution is 0.283. The van der Waals surface area contributed by atoms with Gasteiger partial charge in [-0.3, -0.25) is 4.90 Å². The lowest BCUT2D eigenvalue weighted by atomic mass is 10.2. The van der Waals surface area contributed by atoms with Crippen molar-refractivity contribution in [2.45, 2.75) is 0 Å². The molecule has 2 aromatic rings. The maximum Gasteiger partial charge on any atom is 0.227 e. The van der Waals surface area contributed by atoms with Crippen LogP contribution in [0, 0.1) is 0 Å². The van der Waals surface area contributed by atoms with Crippen LogP contribution in [0.2, 0.25) is 0 Å². The van der Waals surface area contributed by atoms with Gasteiger partial charge in [-0.25, -0.2) is 4.98 Å². The molecule has 1 aromatic carbocycles. The summed E-state index contributed by atoms with van der Waals surface area (Å²) in [6, 6.07) is 12.4. The van der Waals surface area contributed by atoms with Crippen LogP contribution in [0.4, 0.5) is 11.8 Å². The van der Waals surface area contributed by atoms with Gasteiger partial charge in [0.25, 0.3) is 0 Å². The molecule has 1 aliphatic heterocycles. The van der Waals surface area contributed by atoms with E-state index in [1.165, 1.54) is 5.56 Å². The average molecular weight is 323 g/mol. The summed E-state index contributed by atoms with van der Waals surface area (Å²) in [6.07, 6.45) is 6.27. The highest BCUT2D eigenvalue weighted by Gasteiger charge is 2.18. The molecule has 1 aromatic heterocycles. The molecule has 5 nitrogen and oxygen atoms in total. The summed E-state index contributed by atoms with van der Waals surface area (Å²) in [5.41, 5.74) is 1.25. The Bertz CT molecular complexity index is 660. The van der Waals surface area contributed by atoms with Gasteiger partial charge in [0.2, 0.25) is 5.95 Å². The largest absolute Gasteiger partial charge is 0.363 e. The second kappa shape index (κ2) is 7.93. The zero-order valence-corrected chi connectivity index (χ0v) is 14.5. The van der Waals surface area contributed by atoms with E-state index < -0.39 is 0 Å². The van der Waals surface area contributed by atoms with E-state index in [4.69, 9.17) is 0 Å². The molecule has 1 saturated heterocycles. The first kappa shape index (κ1) is 16.5. The molecule has 5 heteroatoms.